The molecule has 0 saturated carbocycles. The standard InChI is InChI=1S/C18H17F3N2O3/c19-15-4-2-1-3-14(15)17(25)23-11-16(24)22-10-9-12-5-7-13(8-6-12)26-18(20)21/h1-8,18H,9-11H2,(H,22,24)(H,23,25). The molecule has 0 aliphatic rings. The van der Waals surface area contributed by atoms with Crippen molar-refractivity contribution >= 4 is 11.8 Å². The molecule has 8 heteroatoms. The topological polar surface area (TPSA) is 67.4 Å². The van der Waals surface area contributed by atoms with Gasteiger partial charge in [-0.25, -0.2) is 4.39 Å². The zero-order chi connectivity index (χ0) is 18.9. The fourth-order valence-electron chi connectivity index (χ4n) is 2.15. The number of benzene rings is 2. The minimum absolute atomic E-state index is 0.0589. The molecule has 138 valence electrons. The molecule has 2 rings (SSSR count). The highest BCUT2D eigenvalue weighted by Gasteiger charge is 2.11. The summed E-state index contributed by atoms with van der Waals surface area (Å²) >= 11 is 0. The molecule has 0 aliphatic carbocycles. The lowest BCUT2D eigenvalue weighted by atomic mass is 10.1. The summed E-state index contributed by atoms with van der Waals surface area (Å²) in [6, 6.07) is 11.5. The summed E-state index contributed by atoms with van der Waals surface area (Å²) in [5.74, 6) is -1.70. The number of rotatable bonds is 8. The molecule has 0 radical (unpaired) electrons. The Bertz CT molecular complexity index is 752. The lowest BCUT2D eigenvalue weighted by Crippen LogP contribution is -2.37. The first-order valence-electron chi connectivity index (χ1n) is 7.79. The highest BCUT2D eigenvalue weighted by Crippen LogP contribution is 2.14. The minimum atomic E-state index is -2.88. The molecule has 5 nitrogen and oxygen atoms in total. The van der Waals surface area contributed by atoms with Crippen molar-refractivity contribution in [3.8, 4) is 5.75 Å². The van der Waals surface area contributed by atoms with E-state index in [1.54, 1.807) is 12.1 Å². The second kappa shape index (κ2) is 9.45. The van der Waals surface area contributed by atoms with Crippen molar-refractivity contribution in [1.82, 2.24) is 10.6 Å². The Labute approximate surface area is 148 Å². The van der Waals surface area contributed by atoms with Crippen LogP contribution in [-0.4, -0.2) is 31.5 Å². The number of hydrogen-bond donors (Lipinski definition) is 2. The Morgan fingerprint density at radius 2 is 1.69 bits per heavy atom. The van der Waals surface area contributed by atoms with E-state index in [0.29, 0.717) is 13.0 Å². The van der Waals surface area contributed by atoms with Gasteiger partial charge in [-0.15, -0.1) is 0 Å². The van der Waals surface area contributed by atoms with Crippen LogP contribution in [0.1, 0.15) is 15.9 Å². The van der Waals surface area contributed by atoms with Crippen molar-refractivity contribution < 1.29 is 27.5 Å². The molecular formula is C18H17F3N2O3. The summed E-state index contributed by atoms with van der Waals surface area (Å²) in [5.41, 5.74) is 0.689. The van der Waals surface area contributed by atoms with E-state index < -0.39 is 24.2 Å². The maximum absolute atomic E-state index is 13.4. The summed E-state index contributed by atoms with van der Waals surface area (Å²) in [5, 5.41) is 4.94. The van der Waals surface area contributed by atoms with Gasteiger partial charge in [0.25, 0.3) is 5.91 Å². The average Bonchev–Trinajstić information content (AvgIpc) is 2.61. The molecule has 0 spiro atoms. The fourth-order valence-corrected chi connectivity index (χ4v) is 2.15. The second-order valence-corrected chi connectivity index (χ2v) is 5.28. The molecule has 0 aliphatic heterocycles. The SMILES string of the molecule is O=C(CNC(=O)c1ccccc1F)NCCc1ccc(OC(F)F)cc1. The number of halogens is 3. The van der Waals surface area contributed by atoms with Crippen molar-refractivity contribution in [3.63, 3.8) is 0 Å². The van der Waals surface area contributed by atoms with Crippen molar-refractivity contribution in [2.24, 2.45) is 0 Å². The molecule has 2 aromatic rings. The van der Waals surface area contributed by atoms with Gasteiger partial charge < -0.3 is 15.4 Å². The zero-order valence-corrected chi connectivity index (χ0v) is 13.7. The van der Waals surface area contributed by atoms with Gasteiger partial charge in [0, 0.05) is 6.54 Å². The number of carbonyl (C=O) groups is 2. The van der Waals surface area contributed by atoms with Crippen molar-refractivity contribution in [2.45, 2.75) is 13.0 Å². The maximum atomic E-state index is 13.4. The number of alkyl halides is 2. The van der Waals surface area contributed by atoms with Crippen molar-refractivity contribution in [3.05, 3.63) is 65.5 Å². The lowest BCUT2D eigenvalue weighted by molar-refractivity contribution is -0.120. The molecule has 2 N–H and O–H groups in total. The third kappa shape index (κ3) is 6.12. The molecular weight excluding hydrogens is 349 g/mol. The molecule has 26 heavy (non-hydrogen) atoms. The molecule has 0 unspecified atom stereocenters. The van der Waals surface area contributed by atoms with Crippen LogP contribution in [0.3, 0.4) is 0 Å². The predicted molar refractivity (Wildman–Crippen MR) is 88.5 cm³/mol. The van der Waals surface area contributed by atoms with E-state index in [1.807, 2.05) is 0 Å². The van der Waals surface area contributed by atoms with Gasteiger partial charge in [0.05, 0.1) is 12.1 Å². The van der Waals surface area contributed by atoms with Gasteiger partial charge >= 0.3 is 6.61 Å². The molecule has 2 amide bonds. The van der Waals surface area contributed by atoms with Crippen LogP contribution in [0.2, 0.25) is 0 Å². The van der Waals surface area contributed by atoms with E-state index in [-0.39, 0.29) is 17.9 Å². The number of hydrogen-bond acceptors (Lipinski definition) is 3. The van der Waals surface area contributed by atoms with Crippen LogP contribution in [0.15, 0.2) is 48.5 Å². The molecule has 2 aromatic carbocycles. The summed E-state index contributed by atoms with van der Waals surface area (Å²) in [4.78, 5) is 23.5. The molecule has 0 atom stereocenters. The smallest absolute Gasteiger partial charge is 0.387 e. The van der Waals surface area contributed by atoms with E-state index in [4.69, 9.17) is 0 Å². The Morgan fingerprint density at radius 3 is 2.35 bits per heavy atom. The maximum Gasteiger partial charge on any atom is 0.387 e. The van der Waals surface area contributed by atoms with Crippen molar-refractivity contribution in [1.29, 1.82) is 0 Å². The van der Waals surface area contributed by atoms with Gasteiger partial charge in [0.1, 0.15) is 11.6 Å². The summed E-state index contributed by atoms with van der Waals surface area (Å²) in [7, 11) is 0. The quantitative estimate of drug-likeness (QED) is 0.754. The summed E-state index contributed by atoms with van der Waals surface area (Å²) in [6.07, 6.45) is 0.474. The van der Waals surface area contributed by atoms with Crippen LogP contribution in [0, 0.1) is 5.82 Å². The van der Waals surface area contributed by atoms with Gasteiger partial charge in [-0.1, -0.05) is 24.3 Å². The molecule has 0 aromatic heterocycles. The van der Waals surface area contributed by atoms with E-state index in [1.165, 1.54) is 30.3 Å². The van der Waals surface area contributed by atoms with E-state index in [2.05, 4.69) is 15.4 Å². The fraction of sp³-hybridized carbons (Fsp3) is 0.222. The monoisotopic (exact) mass is 366 g/mol. The van der Waals surface area contributed by atoms with Crippen LogP contribution in [0.4, 0.5) is 13.2 Å². The average molecular weight is 366 g/mol. The first-order valence-corrected chi connectivity index (χ1v) is 7.79. The van der Waals surface area contributed by atoms with E-state index >= 15 is 0 Å². The molecule has 0 saturated heterocycles. The molecule has 0 bridgehead atoms. The van der Waals surface area contributed by atoms with Gasteiger partial charge in [-0.2, -0.15) is 8.78 Å². The van der Waals surface area contributed by atoms with Gasteiger partial charge in [-0.05, 0) is 36.2 Å². The van der Waals surface area contributed by atoms with Crippen LogP contribution >= 0.6 is 0 Å². The zero-order valence-electron chi connectivity index (χ0n) is 13.7. The van der Waals surface area contributed by atoms with Gasteiger partial charge in [0.15, 0.2) is 0 Å². The normalized spacial score (nSPS) is 10.5. The number of ether oxygens (including phenoxy) is 1. The van der Waals surface area contributed by atoms with Crippen molar-refractivity contribution in [2.75, 3.05) is 13.1 Å². The van der Waals surface area contributed by atoms with E-state index in [0.717, 1.165) is 11.6 Å². The Morgan fingerprint density at radius 1 is 1.00 bits per heavy atom. The second-order valence-electron chi connectivity index (χ2n) is 5.28. The highest BCUT2D eigenvalue weighted by atomic mass is 19.3. The highest BCUT2D eigenvalue weighted by molar-refractivity contribution is 5.96. The molecule has 0 fully saturated rings. The van der Waals surface area contributed by atoms with Crippen LogP contribution < -0.4 is 15.4 Å². The first-order chi connectivity index (χ1) is 12.5. The Hall–Kier alpha value is -3.03. The van der Waals surface area contributed by atoms with E-state index in [9.17, 15) is 22.8 Å². The minimum Gasteiger partial charge on any atom is -0.435 e. The lowest BCUT2D eigenvalue weighted by Gasteiger charge is -2.08. The van der Waals surface area contributed by atoms with Gasteiger partial charge in [0.2, 0.25) is 5.91 Å². The summed E-state index contributed by atoms with van der Waals surface area (Å²) in [6.45, 7) is -2.86. The number of amides is 2. The van der Waals surface area contributed by atoms with Gasteiger partial charge in [-0.3, -0.25) is 9.59 Å². The largest absolute Gasteiger partial charge is 0.435 e. The third-order valence-electron chi connectivity index (χ3n) is 3.41. The van der Waals surface area contributed by atoms with Crippen LogP contribution in [0.5, 0.6) is 5.75 Å². The Balaban J connectivity index is 1.70. The Kier molecular flexibility index (Phi) is 7.02. The third-order valence-corrected chi connectivity index (χ3v) is 3.41. The number of carbonyl (C=O) groups excluding carboxylic acids is 2. The van der Waals surface area contributed by atoms with Crippen LogP contribution in [-0.2, 0) is 11.2 Å². The summed E-state index contributed by atoms with van der Waals surface area (Å²) < 4.78 is 41.8. The first kappa shape index (κ1) is 19.3. The van der Waals surface area contributed by atoms with Crippen LogP contribution in [0.25, 0.3) is 0 Å². The predicted octanol–water partition coefficient (Wildman–Crippen LogP) is 2.52. The molecule has 0 heterocycles. The number of nitrogens with one attached hydrogen (secondary N) is 2.